The minimum Gasteiger partial charge on any atom is -0.480 e. The van der Waals surface area contributed by atoms with Gasteiger partial charge in [-0.25, -0.2) is 9.78 Å². The largest absolute Gasteiger partial charge is 0.480 e. The Labute approximate surface area is 131 Å². The van der Waals surface area contributed by atoms with E-state index in [2.05, 4.69) is 14.9 Å². The van der Waals surface area contributed by atoms with Crippen molar-refractivity contribution in [1.29, 1.82) is 0 Å². The van der Waals surface area contributed by atoms with Gasteiger partial charge in [-0.1, -0.05) is 0 Å². The number of ether oxygens (including phenoxy) is 2. The van der Waals surface area contributed by atoms with Gasteiger partial charge in [0.2, 0.25) is 5.88 Å². The summed E-state index contributed by atoms with van der Waals surface area (Å²) in [6.45, 7) is 9.15. The minimum atomic E-state index is -0.457. The number of hydrogen-bond acceptors (Lipinski definition) is 6. The third-order valence-electron chi connectivity index (χ3n) is 3.33. The lowest BCUT2D eigenvalue weighted by molar-refractivity contribution is 0.0137. The van der Waals surface area contributed by atoms with Gasteiger partial charge in [0.1, 0.15) is 11.3 Å². The molecule has 2 rings (SSSR count). The Balaban J connectivity index is 1.86. The number of amides is 1. The number of rotatable bonds is 3. The molecule has 0 atom stereocenters. The molecule has 7 nitrogen and oxygen atoms in total. The van der Waals surface area contributed by atoms with E-state index in [9.17, 15) is 4.79 Å². The fourth-order valence-corrected chi connectivity index (χ4v) is 2.26. The first-order valence-electron chi connectivity index (χ1n) is 7.43. The van der Waals surface area contributed by atoms with Crippen molar-refractivity contribution in [3.8, 4) is 5.88 Å². The summed E-state index contributed by atoms with van der Waals surface area (Å²) in [7, 11) is 1.59. The van der Waals surface area contributed by atoms with E-state index in [0.29, 0.717) is 25.5 Å². The van der Waals surface area contributed by atoms with Crippen LogP contribution in [0, 0.1) is 0 Å². The molecule has 0 aliphatic carbocycles. The number of carbonyl (C=O) groups excluding carboxylic acids is 1. The smallest absolute Gasteiger partial charge is 0.410 e. The molecule has 1 aliphatic rings. The molecule has 1 aromatic rings. The van der Waals surface area contributed by atoms with Gasteiger partial charge < -0.3 is 14.4 Å². The Hall–Kier alpha value is -1.89. The highest BCUT2D eigenvalue weighted by atomic mass is 16.6. The molecule has 2 heterocycles. The molecule has 7 heteroatoms. The van der Waals surface area contributed by atoms with Gasteiger partial charge in [-0.05, 0) is 20.8 Å². The van der Waals surface area contributed by atoms with Crippen LogP contribution >= 0.6 is 0 Å². The lowest BCUT2D eigenvalue weighted by Crippen LogP contribution is -2.49. The number of hydrogen-bond donors (Lipinski definition) is 0. The highest BCUT2D eigenvalue weighted by Gasteiger charge is 2.26. The molecule has 0 N–H and O–H groups in total. The first-order valence-corrected chi connectivity index (χ1v) is 7.43. The minimum absolute atomic E-state index is 0.246. The quantitative estimate of drug-likeness (QED) is 0.844. The van der Waals surface area contributed by atoms with Crippen molar-refractivity contribution in [3.63, 3.8) is 0 Å². The lowest BCUT2D eigenvalue weighted by Gasteiger charge is -2.35. The van der Waals surface area contributed by atoms with Gasteiger partial charge >= 0.3 is 6.09 Å². The van der Waals surface area contributed by atoms with Crippen LogP contribution in [0.5, 0.6) is 5.88 Å². The fraction of sp³-hybridized carbons (Fsp3) is 0.667. The topological polar surface area (TPSA) is 67.8 Å². The summed E-state index contributed by atoms with van der Waals surface area (Å²) in [5.41, 5.74) is 0.358. The van der Waals surface area contributed by atoms with E-state index in [1.165, 1.54) is 0 Å². The van der Waals surface area contributed by atoms with Crippen LogP contribution in [0.3, 0.4) is 0 Å². The van der Waals surface area contributed by atoms with E-state index in [4.69, 9.17) is 9.47 Å². The average molecular weight is 308 g/mol. The van der Waals surface area contributed by atoms with Gasteiger partial charge in [-0.3, -0.25) is 9.88 Å². The Morgan fingerprint density at radius 3 is 2.41 bits per heavy atom. The lowest BCUT2D eigenvalue weighted by atomic mass is 10.2. The maximum Gasteiger partial charge on any atom is 0.410 e. The zero-order valence-electron chi connectivity index (χ0n) is 13.7. The van der Waals surface area contributed by atoms with E-state index in [1.54, 1.807) is 24.4 Å². The van der Waals surface area contributed by atoms with Crippen LogP contribution in [0.15, 0.2) is 12.4 Å². The maximum absolute atomic E-state index is 12.0. The van der Waals surface area contributed by atoms with Crippen molar-refractivity contribution >= 4 is 6.09 Å². The molecule has 0 saturated carbocycles. The predicted octanol–water partition coefficient (Wildman–Crippen LogP) is 1.54. The molecule has 0 spiro atoms. The van der Waals surface area contributed by atoms with Crippen LogP contribution in [-0.4, -0.2) is 64.8 Å². The van der Waals surface area contributed by atoms with Crippen molar-refractivity contribution in [2.24, 2.45) is 0 Å². The average Bonchev–Trinajstić information content (AvgIpc) is 2.47. The standard InChI is InChI=1S/C15H24N4O3/c1-15(2,3)22-14(20)19-9-7-18(8-10-19)11-12-13(21-4)17-6-5-16-12/h5-6H,7-11H2,1-4H3. The Kier molecular flexibility index (Phi) is 5.18. The third-order valence-corrected chi connectivity index (χ3v) is 3.33. The second kappa shape index (κ2) is 6.91. The molecule has 0 aromatic carbocycles. The first-order chi connectivity index (χ1) is 10.4. The van der Waals surface area contributed by atoms with Gasteiger partial charge in [-0.2, -0.15) is 0 Å². The zero-order valence-corrected chi connectivity index (χ0v) is 13.7. The highest BCUT2D eigenvalue weighted by Crippen LogP contribution is 2.16. The summed E-state index contributed by atoms with van der Waals surface area (Å²) in [6.07, 6.45) is 3.03. The summed E-state index contributed by atoms with van der Waals surface area (Å²) in [6, 6.07) is 0. The number of piperazine rings is 1. The summed E-state index contributed by atoms with van der Waals surface area (Å²) in [5, 5.41) is 0. The normalized spacial score (nSPS) is 16.5. The van der Waals surface area contributed by atoms with Gasteiger partial charge in [0.15, 0.2) is 0 Å². The summed E-state index contributed by atoms with van der Waals surface area (Å²) >= 11 is 0. The Morgan fingerprint density at radius 1 is 1.18 bits per heavy atom. The van der Waals surface area contributed by atoms with Crippen molar-refractivity contribution in [3.05, 3.63) is 18.1 Å². The summed E-state index contributed by atoms with van der Waals surface area (Å²) < 4.78 is 10.6. The molecule has 0 radical (unpaired) electrons. The van der Waals surface area contributed by atoms with Crippen molar-refractivity contribution in [2.75, 3.05) is 33.3 Å². The fourth-order valence-electron chi connectivity index (χ4n) is 2.26. The second-order valence-electron chi connectivity index (χ2n) is 6.26. The molecular weight excluding hydrogens is 284 g/mol. The van der Waals surface area contributed by atoms with E-state index in [1.807, 2.05) is 20.8 Å². The van der Waals surface area contributed by atoms with E-state index in [-0.39, 0.29) is 6.09 Å². The van der Waals surface area contributed by atoms with Crippen LogP contribution in [0.1, 0.15) is 26.5 Å². The van der Waals surface area contributed by atoms with Gasteiger partial charge in [0.05, 0.1) is 7.11 Å². The monoisotopic (exact) mass is 308 g/mol. The number of carbonyl (C=O) groups is 1. The first kappa shape index (κ1) is 16.5. The van der Waals surface area contributed by atoms with Crippen molar-refractivity contribution in [2.45, 2.75) is 32.9 Å². The molecule has 1 aromatic heterocycles. The van der Waals surface area contributed by atoms with Gasteiger partial charge in [0, 0.05) is 45.1 Å². The van der Waals surface area contributed by atoms with Crippen molar-refractivity contribution < 1.29 is 14.3 Å². The van der Waals surface area contributed by atoms with E-state index < -0.39 is 5.60 Å². The van der Waals surface area contributed by atoms with Gasteiger partial charge in [-0.15, -0.1) is 0 Å². The Morgan fingerprint density at radius 2 is 1.82 bits per heavy atom. The number of methoxy groups -OCH3 is 1. The van der Waals surface area contributed by atoms with Crippen LogP contribution in [0.4, 0.5) is 4.79 Å². The zero-order chi connectivity index (χ0) is 16.2. The van der Waals surface area contributed by atoms with Crippen molar-refractivity contribution in [1.82, 2.24) is 19.8 Å². The number of aromatic nitrogens is 2. The second-order valence-corrected chi connectivity index (χ2v) is 6.26. The SMILES string of the molecule is COc1nccnc1CN1CCN(C(=O)OC(C)(C)C)CC1. The highest BCUT2D eigenvalue weighted by molar-refractivity contribution is 5.68. The molecule has 122 valence electrons. The molecule has 0 unspecified atom stereocenters. The van der Waals surface area contributed by atoms with E-state index in [0.717, 1.165) is 18.8 Å². The number of nitrogens with zero attached hydrogens (tertiary/aromatic N) is 4. The maximum atomic E-state index is 12.0. The van der Waals surface area contributed by atoms with Crippen LogP contribution in [0.2, 0.25) is 0 Å². The summed E-state index contributed by atoms with van der Waals surface area (Å²) in [4.78, 5) is 24.5. The van der Waals surface area contributed by atoms with Crippen LogP contribution in [-0.2, 0) is 11.3 Å². The third kappa shape index (κ3) is 4.56. The molecule has 1 aliphatic heterocycles. The van der Waals surface area contributed by atoms with Crippen LogP contribution < -0.4 is 4.74 Å². The van der Waals surface area contributed by atoms with E-state index >= 15 is 0 Å². The van der Waals surface area contributed by atoms with Gasteiger partial charge in [0.25, 0.3) is 0 Å². The molecule has 22 heavy (non-hydrogen) atoms. The molecular formula is C15H24N4O3. The Bertz CT molecular complexity index is 508. The predicted molar refractivity (Wildman–Crippen MR) is 81.7 cm³/mol. The molecule has 0 bridgehead atoms. The van der Waals surface area contributed by atoms with Crippen LogP contribution in [0.25, 0.3) is 0 Å². The summed E-state index contributed by atoms with van der Waals surface area (Å²) in [5.74, 6) is 0.553. The molecule has 1 amide bonds. The molecule has 1 fully saturated rings. The molecule has 1 saturated heterocycles.